The number of hydrogen-bond donors (Lipinski definition) is 3. The molecule has 35 heavy (non-hydrogen) atoms. The molecule has 1 saturated carbocycles. The largest absolute Gasteiger partial charge is 0.411 e. The van der Waals surface area contributed by atoms with Crippen LogP contribution in [-0.4, -0.2) is 60.1 Å². The molecule has 2 fully saturated rings. The van der Waals surface area contributed by atoms with Crippen molar-refractivity contribution >= 4 is 6.21 Å². The number of ether oxygens (including phenoxy) is 2. The van der Waals surface area contributed by atoms with Gasteiger partial charge in [0.25, 0.3) is 0 Å². The third kappa shape index (κ3) is 7.39. The molecule has 3 N–H and O–H groups in total. The first-order chi connectivity index (χ1) is 16.8. The molecule has 0 aromatic carbocycles. The number of oxime groups is 1. The Kier molecular flexibility index (Phi) is 10.3. The van der Waals surface area contributed by atoms with Crippen molar-refractivity contribution in [1.29, 1.82) is 0 Å². The highest BCUT2D eigenvalue weighted by Gasteiger charge is 2.43. The molecule has 6 nitrogen and oxygen atoms in total. The average Bonchev–Trinajstić information content (AvgIpc) is 3.48. The highest BCUT2D eigenvalue weighted by molar-refractivity contribution is 5.56. The molecular weight excluding hydrogens is 440 g/mol. The zero-order valence-electron chi connectivity index (χ0n) is 22.3. The summed E-state index contributed by atoms with van der Waals surface area (Å²) >= 11 is 0. The van der Waals surface area contributed by atoms with Crippen LogP contribution in [0, 0.1) is 23.7 Å². The number of hydrogen-bond acceptors (Lipinski definition) is 6. The average molecular weight is 487 g/mol. The van der Waals surface area contributed by atoms with Gasteiger partial charge in [0.2, 0.25) is 0 Å². The maximum Gasteiger partial charge on any atom is 0.103 e. The van der Waals surface area contributed by atoms with Gasteiger partial charge in [0, 0.05) is 18.7 Å². The minimum atomic E-state index is -0.595. The van der Waals surface area contributed by atoms with E-state index in [1.165, 1.54) is 17.4 Å². The zero-order chi connectivity index (χ0) is 25.5. The van der Waals surface area contributed by atoms with Crippen molar-refractivity contribution in [3.63, 3.8) is 0 Å². The van der Waals surface area contributed by atoms with Gasteiger partial charge in [0.15, 0.2) is 0 Å². The lowest BCUT2D eigenvalue weighted by atomic mass is 9.93. The van der Waals surface area contributed by atoms with Crippen molar-refractivity contribution in [2.24, 2.45) is 28.8 Å². The Hall–Kier alpha value is -1.73. The van der Waals surface area contributed by atoms with Gasteiger partial charge in [-0.25, -0.2) is 0 Å². The fraction of sp³-hybridized carbons (Fsp3) is 0.690. The topological polar surface area (TPSA) is 83.3 Å². The summed E-state index contributed by atoms with van der Waals surface area (Å²) in [7, 11) is 1.86. The fourth-order valence-corrected chi connectivity index (χ4v) is 5.52. The van der Waals surface area contributed by atoms with Crippen LogP contribution in [0.15, 0.2) is 52.8 Å². The van der Waals surface area contributed by atoms with E-state index in [4.69, 9.17) is 14.7 Å². The summed E-state index contributed by atoms with van der Waals surface area (Å²) in [4.78, 5) is 0. The molecule has 1 aliphatic carbocycles. The summed E-state index contributed by atoms with van der Waals surface area (Å²) in [6.45, 7) is 11.1. The van der Waals surface area contributed by atoms with E-state index in [9.17, 15) is 5.11 Å². The van der Waals surface area contributed by atoms with Crippen molar-refractivity contribution in [3.8, 4) is 0 Å². The highest BCUT2D eigenvalue weighted by Crippen LogP contribution is 2.48. The standard InChI is InChI=1S/C29H46N2O4/c1-7-26-19(3)9-12-27(35-26)20(4)16-18(2)8-10-23-21(5)24(23)11-13-28-29(32)25(30-6)17-22(34-28)14-15-31-33/h8-11,13,15-16,18,21-30,32-33H,7,12,14,17H2,1-6H3/b10-8+,13-11+,20-16+,31-15?/t18-,21-,22-,23+,24+,25+,26-,27-,28+,29-/m1/s1. The maximum atomic E-state index is 10.7. The highest BCUT2D eigenvalue weighted by atomic mass is 16.5. The van der Waals surface area contributed by atoms with E-state index in [2.05, 4.69) is 75.5 Å². The zero-order valence-corrected chi connectivity index (χ0v) is 22.3. The molecule has 3 aliphatic rings. The van der Waals surface area contributed by atoms with Crippen LogP contribution in [0.3, 0.4) is 0 Å². The van der Waals surface area contributed by atoms with Crippen molar-refractivity contribution in [3.05, 3.63) is 47.6 Å². The molecule has 0 aromatic heterocycles. The Bertz CT molecular complexity index is 833. The SMILES string of the molecule is CC[C@H]1O[C@@H](/C(C)=C/[C@H](C)/C=C/[C@H]2[C@@H](C)[C@@H]2/C=C/[C@@H]2O[C@H](CC=NO)C[C@H](NC)[C@H]2O)CC=C1C. The van der Waals surface area contributed by atoms with Gasteiger partial charge < -0.3 is 25.1 Å². The lowest BCUT2D eigenvalue weighted by molar-refractivity contribution is -0.106. The van der Waals surface area contributed by atoms with Crippen LogP contribution in [0.5, 0.6) is 0 Å². The van der Waals surface area contributed by atoms with Crippen molar-refractivity contribution in [2.75, 3.05) is 7.05 Å². The van der Waals surface area contributed by atoms with E-state index in [0.717, 1.165) is 12.8 Å². The number of aliphatic hydroxyl groups excluding tert-OH is 1. The first kappa shape index (κ1) is 27.9. The lowest BCUT2D eigenvalue weighted by Crippen LogP contribution is -2.52. The first-order valence-corrected chi connectivity index (χ1v) is 13.3. The van der Waals surface area contributed by atoms with Gasteiger partial charge in [-0.15, -0.1) is 5.16 Å². The summed E-state index contributed by atoms with van der Waals surface area (Å²) in [5, 5.41) is 25.7. The number of rotatable bonds is 10. The number of allylic oxidation sites excluding steroid dienone is 4. The van der Waals surface area contributed by atoms with E-state index in [0.29, 0.717) is 36.5 Å². The van der Waals surface area contributed by atoms with E-state index in [1.54, 1.807) is 0 Å². The summed E-state index contributed by atoms with van der Waals surface area (Å²) in [6, 6.07) is -0.0427. The van der Waals surface area contributed by atoms with Gasteiger partial charge in [-0.3, -0.25) is 0 Å². The van der Waals surface area contributed by atoms with Crippen LogP contribution in [-0.2, 0) is 9.47 Å². The molecule has 0 aromatic rings. The Balaban J connectivity index is 1.54. The Morgan fingerprint density at radius 1 is 1.26 bits per heavy atom. The summed E-state index contributed by atoms with van der Waals surface area (Å²) < 4.78 is 12.4. The first-order valence-electron chi connectivity index (χ1n) is 13.3. The van der Waals surface area contributed by atoms with E-state index >= 15 is 0 Å². The second-order valence-electron chi connectivity index (χ2n) is 10.6. The molecular formula is C29H46N2O4. The van der Waals surface area contributed by atoms with Crippen molar-refractivity contribution in [2.45, 2.75) is 96.9 Å². The van der Waals surface area contributed by atoms with Gasteiger partial charge >= 0.3 is 0 Å². The van der Waals surface area contributed by atoms with Crippen LogP contribution in [0.1, 0.15) is 60.3 Å². The Labute approximate surface area is 211 Å². The number of nitrogens with one attached hydrogen (secondary N) is 1. The van der Waals surface area contributed by atoms with Crippen LogP contribution < -0.4 is 5.32 Å². The molecule has 6 heteroatoms. The van der Waals surface area contributed by atoms with Crippen molar-refractivity contribution < 1.29 is 19.8 Å². The molecule has 0 bridgehead atoms. The third-order valence-corrected chi connectivity index (χ3v) is 8.01. The molecule has 2 aliphatic heterocycles. The van der Waals surface area contributed by atoms with Crippen LogP contribution in [0.25, 0.3) is 0 Å². The quantitative estimate of drug-likeness (QED) is 0.175. The van der Waals surface area contributed by atoms with Crippen LogP contribution in [0.2, 0.25) is 0 Å². The van der Waals surface area contributed by atoms with Crippen molar-refractivity contribution in [1.82, 2.24) is 5.32 Å². The van der Waals surface area contributed by atoms with Gasteiger partial charge in [-0.05, 0) is 75.0 Å². The van der Waals surface area contributed by atoms with Gasteiger partial charge in [-0.1, -0.05) is 57.2 Å². The van der Waals surface area contributed by atoms with E-state index in [1.807, 2.05) is 13.1 Å². The van der Waals surface area contributed by atoms with Gasteiger partial charge in [-0.2, -0.15) is 0 Å². The minimum Gasteiger partial charge on any atom is -0.411 e. The smallest absolute Gasteiger partial charge is 0.103 e. The summed E-state index contributed by atoms with van der Waals surface area (Å²) in [5.41, 5.74) is 2.67. The second-order valence-corrected chi connectivity index (χ2v) is 10.6. The molecule has 0 unspecified atom stereocenters. The Morgan fingerprint density at radius 2 is 2.00 bits per heavy atom. The maximum absolute atomic E-state index is 10.7. The minimum absolute atomic E-state index is 0.0427. The van der Waals surface area contributed by atoms with E-state index in [-0.39, 0.29) is 30.5 Å². The van der Waals surface area contributed by atoms with Gasteiger partial charge in [0.05, 0.1) is 24.4 Å². The molecule has 0 spiro atoms. The predicted octanol–water partition coefficient (Wildman–Crippen LogP) is 5.03. The van der Waals surface area contributed by atoms with Crippen LogP contribution in [0.4, 0.5) is 0 Å². The van der Waals surface area contributed by atoms with Gasteiger partial charge in [0.1, 0.15) is 6.10 Å². The number of aliphatic hydroxyl groups is 1. The third-order valence-electron chi connectivity index (χ3n) is 8.01. The number of likely N-dealkylation sites (N-methyl/N-ethyl adjacent to an activating group) is 1. The predicted molar refractivity (Wildman–Crippen MR) is 142 cm³/mol. The van der Waals surface area contributed by atoms with E-state index < -0.39 is 6.10 Å². The molecule has 0 radical (unpaired) electrons. The Morgan fingerprint density at radius 3 is 2.69 bits per heavy atom. The summed E-state index contributed by atoms with van der Waals surface area (Å²) in [5.74, 6) is 1.92. The molecule has 1 saturated heterocycles. The summed E-state index contributed by atoms with van der Waals surface area (Å²) in [6.07, 6.45) is 17.6. The monoisotopic (exact) mass is 486 g/mol. The molecule has 0 amide bonds. The second kappa shape index (κ2) is 13.0. The van der Waals surface area contributed by atoms with Crippen LogP contribution >= 0.6 is 0 Å². The normalized spacial score (nSPS) is 39.5. The fourth-order valence-electron chi connectivity index (χ4n) is 5.52. The molecule has 10 atom stereocenters. The molecule has 2 heterocycles. The molecule has 3 rings (SSSR count). The molecule has 196 valence electrons. The lowest BCUT2D eigenvalue weighted by Gasteiger charge is -2.38. The number of nitrogens with zero attached hydrogens (tertiary/aromatic N) is 1.